The molecular weight excluding hydrogens is 480 g/mol. The number of aromatic nitrogens is 2. The van der Waals surface area contributed by atoms with Crippen LogP contribution >= 0.6 is 0 Å². The van der Waals surface area contributed by atoms with E-state index in [1.165, 1.54) is 4.57 Å². The molecule has 1 aromatic heterocycles. The molecule has 0 spiro atoms. The maximum Gasteiger partial charge on any atom is 0.331 e. The van der Waals surface area contributed by atoms with E-state index in [2.05, 4.69) is 10.6 Å². The third-order valence-corrected chi connectivity index (χ3v) is 6.68. The van der Waals surface area contributed by atoms with Crippen molar-refractivity contribution in [3.05, 3.63) is 104 Å². The largest absolute Gasteiger partial charge is 0.331 e. The van der Waals surface area contributed by atoms with E-state index in [9.17, 15) is 19.2 Å². The highest BCUT2D eigenvalue weighted by Crippen LogP contribution is 2.18. The molecule has 0 aliphatic carbocycles. The number of carbonyl (C=O) groups is 2. The maximum atomic E-state index is 13.4. The molecule has 2 N–H and O–H groups in total. The smallest absolute Gasteiger partial charge is 0.326 e. The molecule has 0 aliphatic rings. The zero-order valence-electron chi connectivity index (χ0n) is 21.9. The molecule has 0 saturated heterocycles. The Hall–Kier alpha value is -4.46. The number of hydrogen-bond donors (Lipinski definition) is 2. The van der Waals surface area contributed by atoms with Gasteiger partial charge in [0.15, 0.2) is 0 Å². The highest BCUT2D eigenvalue weighted by atomic mass is 16.2. The van der Waals surface area contributed by atoms with Gasteiger partial charge in [-0.2, -0.15) is 0 Å². The third kappa shape index (κ3) is 6.08. The Morgan fingerprint density at radius 2 is 1.50 bits per heavy atom. The highest BCUT2D eigenvalue weighted by molar-refractivity contribution is 5.92. The number of anilines is 2. The summed E-state index contributed by atoms with van der Waals surface area (Å²) in [6.07, 6.45) is 1.23. The molecule has 0 saturated carbocycles. The van der Waals surface area contributed by atoms with Gasteiger partial charge in [0.1, 0.15) is 6.54 Å². The lowest BCUT2D eigenvalue weighted by Crippen LogP contribution is -2.41. The number of benzene rings is 3. The minimum absolute atomic E-state index is 0.125. The standard InChI is InChI=1S/C30H32N4O4/c1-20-14-16-23(17-15-20)31-27(35)13-6-7-18-33-29(37)24-10-4-5-12-26(24)34(30(33)38)19-28(36)32-25-11-8-9-21(2)22(25)3/h4-5,8-12,14-17H,6-7,13,18-19H2,1-3H3,(H,31,35)(H,32,36). The van der Waals surface area contributed by atoms with E-state index in [0.29, 0.717) is 29.4 Å². The number of nitrogens with one attached hydrogen (secondary N) is 2. The van der Waals surface area contributed by atoms with Gasteiger partial charge in [-0.1, -0.05) is 42.0 Å². The number of fused-ring (bicyclic) bond motifs is 1. The van der Waals surface area contributed by atoms with Crippen molar-refractivity contribution < 1.29 is 9.59 Å². The Morgan fingerprint density at radius 3 is 2.26 bits per heavy atom. The van der Waals surface area contributed by atoms with E-state index < -0.39 is 11.2 Å². The molecule has 0 aliphatic heterocycles. The molecule has 0 atom stereocenters. The van der Waals surface area contributed by atoms with Crippen molar-refractivity contribution in [2.24, 2.45) is 0 Å². The number of carbonyl (C=O) groups excluding carboxylic acids is 2. The lowest BCUT2D eigenvalue weighted by Gasteiger charge is -2.15. The van der Waals surface area contributed by atoms with E-state index in [4.69, 9.17) is 0 Å². The fourth-order valence-corrected chi connectivity index (χ4v) is 4.36. The number of para-hydroxylation sites is 1. The van der Waals surface area contributed by atoms with Crippen LogP contribution < -0.4 is 21.9 Å². The molecule has 38 heavy (non-hydrogen) atoms. The summed E-state index contributed by atoms with van der Waals surface area (Å²) in [5.74, 6) is -0.482. The molecule has 0 bridgehead atoms. The summed E-state index contributed by atoms with van der Waals surface area (Å²) >= 11 is 0. The molecule has 0 fully saturated rings. The average molecular weight is 513 g/mol. The van der Waals surface area contributed by atoms with Gasteiger partial charge in [0.2, 0.25) is 11.8 Å². The first-order valence-electron chi connectivity index (χ1n) is 12.7. The molecule has 3 aromatic carbocycles. The summed E-state index contributed by atoms with van der Waals surface area (Å²) in [5.41, 5.74) is 3.98. The van der Waals surface area contributed by atoms with Crippen molar-refractivity contribution in [1.29, 1.82) is 0 Å². The van der Waals surface area contributed by atoms with Crippen molar-refractivity contribution >= 4 is 34.1 Å². The zero-order chi connectivity index (χ0) is 27.2. The Bertz CT molecular complexity index is 1600. The number of aryl methyl sites for hydroxylation is 2. The van der Waals surface area contributed by atoms with Crippen LogP contribution in [0.3, 0.4) is 0 Å². The summed E-state index contributed by atoms with van der Waals surface area (Å²) in [6.45, 7) is 5.79. The number of unbranched alkanes of at least 4 members (excludes halogenated alkanes) is 1. The second-order valence-corrected chi connectivity index (χ2v) is 9.51. The molecule has 4 rings (SSSR count). The average Bonchev–Trinajstić information content (AvgIpc) is 2.90. The quantitative estimate of drug-likeness (QED) is 0.322. The molecule has 8 heteroatoms. The van der Waals surface area contributed by atoms with Gasteiger partial charge in [0, 0.05) is 24.3 Å². The van der Waals surface area contributed by atoms with Crippen LogP contribution in [0.5, 0.6) is 0 Å². The highest BCUT2D eigenvalue weighted by Gasteiger charge is 2.16. The van der Waals surface area contributed by atoms with Gasteiger partial charge in [-0.25, -0.2) is 4.79 Å². The van der Waals surface area contributed by atoms with E-state index in [-0.39, 0.29) is 31.3 Å². The monoisotopic (exact) mass is 512 g/mol. The summed E-state index contributed by atoms with van der Waals surface area (Å²) < 4.78 is 2.49. The third-order valence-electron chi connectivity index (χ3n) is 6.68. The first kappa shape index (κ1) is 26.6. The van der Waals surface area contributed by atoms with Crippen LogP contribution in [0.4, 0.5) is 11.4 Å². The minimum atomic E-state index is -0.547. The fraction of sp³-hybridized carbons (Fsp3) is 0.267. The molecular formula is C30H32N4O4. The van der Waals surface area contributed by atoms with Crippen molar-refractivity contribution in [2.75, 3.05) is 10.6 Å². The predicted molar refractivity (Wildman–Crippen MR) is 151 cm³/mol. The number of amides is 2. The Morgan fingerprint density at radius 1 is 0.763 bits per heavy atom. The topological polar surface area (TPSA) is 102 Å². The predicted octanol–water partition coefficient (Wildman–Crippen LogP) is 4.54. The first-order chi connectivity index (χ1) is 18.2. The van der Waals surface area contributed by atoms with Gasteiger partial charge >= 0.3 is 5.69 Å². The molecule has 196 valence electrons. The second-order valence-electron chi connectivity index (χ2n) is 9.51. The molecule has 1 heterocycles. The number of rotatable bonds is 9. The lowest BCUT2D eigenvalue weighted by atomic mass is 10.1. The van der Waals surface area contributed by atoms with Crippen molar-refractivity contribution in [3.8, 4) is 0 Å². The normalized spacial score (nSPS) is 10.9. The van der Waals surface area contributed by atoms with E-state index in [0.717, 1.165) is 26.9 Å². The van der Waals surface area contributed by atoms with E-state index in [1.54, 1.807) is 24.3 Å². The SMILES string of the molecule is Cc1ccc(NC(=O)CCCCn2c(=O)c3ccccc3n(CC(=O)Nc3cccc(C)c3C)c2=O)cc1. The summed E-state index contributed by atoms with van der Waals surface area (Å²) in [7, 11) is 0. The Kier molecular flexibility index (Phi) is 8.21. The van der Waals surface area contributed by atoms with Gasteiger partial charge in [-0.05, 0) is 75.1 Å². The fourth-order valence-electron chi connectivity index (χ4n) is 4.36. The Labute approximate surface area is 220 Å². The van der Waals surface area contributed by atoms with Crippen LogP contribution in [0.15, 0.2) is 76.3 Å². The van der Waals surface area contributed by atoms with Crippen molar-refractivity contribution in [2.45, 2.75) is 53.1 Å². The summed E-state index contributed by atoms with van der Waals surface area (Å²) in [4.78, 5) is 51.7. The molecule has 8 nitrogen and oxygen atoms in total. The van der Waals surface area contributed by atoms with Gasteiger partial charge in [0.05, 0.1) is 10.9 Å². The lowest BCUT2D eigenvalue weighted by molar-refractivity contribution is -0.117. The van der Waals surface area contributed by atoms with Crippen LogP contribution in [-0.2, 0) is 22.7 Å². The molecule has 0 unspecified atom stereocenters. The van der Waals surface area contributed by atoms with E-state index in [1.807, 2.05) is 63.2 Å². The number of nitrogens with zero attached hydrogens (tertiary/aromatic N) is 2. The molecule has 4 aromatic rings. The zero-order valence-corrected chi connectivity index (χ0v) is 21.9. The van der Waals surface area contributed by atoms with Crippen molar-refractivity contribution in [3.63, 3.8) is 0 Å². The number of hydrogen-bond acceptors (Lipinski definition) is 4. The second kappa shape index (κ2) is 11.7. The van der Waals surface area contributed by atoms with Crippen LogP contribution in [-0.4, -0.2) is 20.9 Å². The van der Waals surface area contributed by atoms with Crippen LogP contribution in [0.25, 0.3) is 10.9 Å². The van der Waals surface area contributed by atoms with Gasteiger partial charge in [0.25, 0.3) is 5.56 Å². The summed E-state index contributed by atoms with van der Waals surface area (Å²) in [6, 6.07) is 20.0. The van der Waals surface area contributed by atoms with Gasteiger partial charge < -0.3 is 10.6 Å². The van der Waals surface area contributed by atoms with E-state index >= 15 is 0 Å². The van der Waals surface area contributed by atoms with Crippen LogP contribution in [0.1, 0.15) is 36.0 Å². The molecule has 0 radical (unpaired) electrons. The van der Waals surface area contributed by atoms with Crippen LogP contribution in [0.2, 0.25) is 0 Å². The first-order valence-corrected chi connectivity index (χ1v) is 12.7. The maximum absolute atomic E-state index is 13.4. The minimum Gasteiger partial charge on any atom is -0.326 e. The summed E-state index contributed by atoms with van der Waals surface area (Å²) in [5, 5.41) is 6.10. The van der Waals surface area contributed by atoms with Crippen molar-refractivity contribution in [1.82, 2.24) is 9.13 Å². The Balaban J connectivity index is 1.48. The van der Waals surface area contributed by atoms with Gasteiger partial charge in [-0.15, -0.1) is 0 Å². The van der Waals surface area contributed by atoms with Crippen LogP contribution in [0, 0.1) is 20.8 Å². The van der Waals surface area contributed by atoms with Gasteiger partial charge in [-0.3, -0.25) is 23.5 Å². The molecule has 2 amide bonds.